The number of hydrogen-bond acceptors (Lipinski definition) is 6. The fraction of sp³-hybridized carbons (Fsp3) is 0.636. The van der Waals surface area contributed by atoms with Gasteiger partial charge in [-0.05, 0) is 12.8 Å². The molecule has 1 aromatic heterocycles. The van der Waals surface area contributed by atoms with Crippen LogP contribution in [0.5, 0.6) is 0 Å². The number of carbonyl (C=O) groups excluding carboxylic acids is 1. The smallest absolute Gasteiger partial charge is 0.305 e. The first-order valence-corrected chi connectivity index (χ1v) is 8.41. The molecule has 0 atom stereocenters. The molecule has 0 aliphatic heterocycles. The highest BCUT2D eigenvalue weighted by molar-refractivity contribution is 7.89. The average molecular weight is 306 g/mol. The van der Waals surface area contributed by atoms with Crippen molar-refractivity contribution < 1.29 is 17.9 Å². The Morgan fingerprint density at radius 1 is 1.53 bits per heavy atom. The number of thiazole rings is 1. The molecule has 0 aliphatic carbocycles. The lowest BCUT2D eigenvalue weighted by atomic mass is 10.3. The topological polar surface area (TPSA) is 85.4 Å². The molecule has 1 N–H and O–H groups in total. The van der Waals surface area contributed by atoms with Gasteiger partial charge in [-0.2, -0.15) is 0 Å². The van der Waals surface area contributed by atoms with Crippen LogP contribution in [0.1, 0.15) is 29.7 Å². The zero-order chi connectivity index (χ0) is 14.3. The minimum Gasteiger partial charge on any atom is -0.469 e. The largest absolute Gasteiger partial charge is 0.469 e. The maximum Gasteiger partial charge on any atom is 0.305 e. The zero-order valence-corrected chi connectivity index (χ0v) is 12.6. The van der Waals surface area contributed by atoms with Gasteiger partial charge in [0, 0.05) is 17.5 Å². The highest BCUT2D eigenvalue weighted by Crippen LogP contribution is 2.13. The fourth-order valence-corrected chi connectivity index (χ4v) is 3.26. The van der Waals surface area contributed by atoms with Gasteiger partial charge in [0.1, 0.15) is 5.01 Å². The van der Waals surface area contributed by atoms with Gasteiger partial charge >= 0.3 is 5.97 Å². The van der Waals surface area contributed by atoms with Gasteiger partial charge < -0.3 is 4.74 Å². The van der Waals surface area contributed by atoms with E-state index in [4.69, 9.17) is 0 Å². The van der Waals surface area contributed by atoms with Gasteiger partial charge in [0.15, 0.2) is 0 Å². The Morgan fingerprint density at radius 2 is 2.26 bits per heavy atom. The number of aryl methyl sites for hydroxylation is 1. The second-order valence-corrected chi connectivity index (χ2v) is 7.02. The van der Waals surface area contributed by atoms with Crippen LogP contribution >= 0.6 is 11.3 Å². The van der Waals surface area contributed by atoms with Crippen LogP contribution < -0.4 is 4.72 Å². The van der Waals surface area contributed by atoms with Crippen molar-refractivity contribution in [3.05, 3.63) is 16.1 Å². The lowest BCUT2D eigenvalue weighted by Gasteiger charge is -2.04. The molecule has 1 rings (SSSR count). The van der Waals surface area contributed by atoms with Crippen LogP contribution in [-0.4, -0.2) is 32.2 Å². The van der Waals surface area contributed by atoms with E-state index in [0.29, 0.717) is 0 Å². The normalized spacial score (nSPS) is 11.5. The molecular weight excluding hydrogens is 288 g/mol. The molecule has 6 nitrogen and oxygen atoms in total. The number of ether oxygens (including phenoxy) is 1. The molecule has 0 saturated heterocycles. The Labute approximate surface area is 117 Å². The number of sulfonamides is 1. The van der Waals surface area contributed by atoms with Crippen molar-refractivity contribution in [1.29, 1.82) is 0 Å². The summed E-state index contributed by atoms with van der Waals surface area (Å²) in [5.41, 5.74) is 0. The third-order valence-electron chi connectivity index (χ3n) is 2.41. The lowest BCUT2D eigenvalue weighted by molar-refractivity contribution is -0.140. The summed E-state index contributed by atoms with van der Waals surface area (Å²) in [7, 11) is -2.09. The van der Waals surface area contributed by atoms with E-state index >= 15 is 0 Å². The van der Waals surface area contributed by atoms with Gasteiger partial charge in [0.05, 0.1) is 19.4 Å². The molecule has 1 heterocycles. The molecule has 0 radical (unpaired) electrons. The average Bonchev–Trinajstić information content (AvgIpc) is 2.84. The minimum atomic E-state index is -3.37. The second kappa shape index (κ2) is 7.56. The van der Waals surface area contributed by atoms with Gasteiger partial charge in [-0.3, -0.25) is 4.79 Å². The van der Waals surface area contributed by atoms with E-state index in [0.717, 1.165) is 16.3 Å². The number of hydrogen-bond donors (Lipinski definition) is 1. The zero-order valence-electron chi connectivity index (χ0n) is 11.0. The van der Waals surface area contributed by atoms with Crippen LogP contribution in [0.4, 0.5) is 0 Å². The number of nitrogens with one attached hydrogen (secondary N) is 1. The monoisotopic (exact) mass is 306 g/mol. The Kier molecular flexibility index (Phi) is 6.40. The predicted molar refractivity (Wildman–Crippen MR) is 73.4 cm³/mol. The maximum atomic E-state index is 11.7. The van der Waals surface area contributed by atoms with E-state index in [9.17, 15) is 13.2 Å². The summed E-state index contributed by atoms with van der Waals surface area (Å²) in [6, 6.07) is 0. The molecule has 0 unspecified atom stereocenters. The molecule has 0 saturated carbocycles. The Morgan fingerprint density at radius 3 is 2.84 bits per heavy atom. The SMILES string of the molecule is CCc1cnc(CNS(=O)(=O)CCCC(=O)OC)s1. The van der Waals surface area contributed by atoms with Crippen molar-refractivity contribution in [2.24, 2.45) is 0 Å². The number of carbonyl (C=O) groups is 1. The first-order valence-electron chi connectivity index (χ1n) is 5.94. The first kappa shape index (κ1) is 16.1. The minimum absolute atomic E-state index is 0.0892. The number of esters is 1. The van der Waals surface area contributed by atoms with Gasteiger partial charge in [0.25, 0.3) is 0 Å². The summed E-state index contributed by atoms with van der Waals surface area (Å²) >= 11 is 1.49. The summed E-state index contributed by atoms with van der Waals surface area (Å²) in [4.78, 5) is 16.1. The van der Waals surface area contributed by atoms with Crippen LogP contribution in [-0.2, 0) is 32.5 Å². The molecule has 1 aromatic rings. The van der Waals surface area contributed by atoms with Crippen LogP contribution in [0.25, 0.3) is 0 Å². The van der Waals surface area contributed by atoms with E-state index in [-0.39, 0.29) is 25.1 Å². The number of aromatic nitrogens is 1. The van der Waals surface area contributed by atoms with Crippen molar-refractivity contribution in [2.75, 3.05) is 12.9 Å². The van der Waals surface area contributed by atoms with Crippen LogP contribution in [0.3, 0.4) is 0 Å². The summed E-state index contributed by atoms with van der Waals surface area (Å²) in [5, 5.41) is 0.744. The molecule has 108 valence electrons. The Hall–Kier alpha value is -0.990. The van der Waals surface area contributed by atoms with Crippen LogP contribution in [0.15, 0.2) is 6.20 Å². The van der Waals surface area contributed by atoms with Crippen LogP contribution in [0, 0.1) is 0 Å². The number of nitrogens with zero attached hydrogens (tertiary/aromatic N) is 1. The Bertz CT molecular complexity index is 511. The third kappa shape index (κ3) is 6.13. The van der Waals surface area contributed by atoms with E-state index in [1.165, 1.54) is 18.4 Å². The highest BCUT2D eigenvalue weighted by Gasteiger charge is 2.12. The fourth-order valence-electron chi connectivity index (χ4n) is 1.35. The molecule has 0 spiro atoms. The van der Waals surface area contributed by atoms with Crippen molar-refractivity contribution in [1.82, 2.24) is 9.71 Å². The molecule has 19 heavy (non-hydrogen) atoms. The van der Waals surface area contributed by atoms with E-state index in [1.807, 2.05) is 6.92 Å². The van der Waals surface area contributed by atoms with Gasteiger partial charge in [-0.25, -0.2) is 18.1 Å². The Balaban J connectivity index is 2.36. The highest BCUT2D eigenvalue weighted by atomic mass is 32.2. The van der Waals surface area contributed by atoms with E-state index in [2.05, 4.69) is 14.4 Å². The molecule has 8 heteroatoms. The molecule has 0 fully saturated rings. The second-order valence-electron chi connectivity index (χ2n) is 3.89. The van der Waals surface area contributed by atoms with Gasteiger partial charge in [-0.15, -0.1) is 11.3 Å². The van der Waals surface area contributed by atoms with Crippen molar-refractivity contribution in [3.63, 3.8) is 0 Å². The predicted octanol–water partition coefficient (Wildman–Crippen LogP) is 1.08. The maximum absolute atomic E-state index is 11.7. The molecule has 0 bridgehead atoms. The summed E-state index contributed by atoms with van der Waals surface area (Å²) in [5.74, 6) is -0.489. The van der Waals surface area contributed by atoms with Crippen molar-refractivity contribution >= 4 is 27.3 Å². The number of methoxy groups -OCH3 is 1. The molecule has 0 aliphatic rings. The van der Waals surface area contributed by atoms with Crippen molar-refractivity contribution in [3.8, 4) is 0 Å². The van der Waals surface area contributed by atoms with Crippen LogP contribution in [0.2, 0.25) is 0 Å². The number of rotatable bonds is 8. The summed E-state index contributed by atoms with van der Waals surface area (Å²) < 4.78 is 30.2. The first-order chi connectivity index (χ1) is 8.96. The third-order valence-corrected chi connectivity index (χ3v) is 4.97. The lowest BCUT2D eigenvalue weighted by Crippen LogP contribution is -2.26. The standard InChI is InChI=1S/C11H18N2O4S2/c1-3-9-7-12-10(18-9)8-13-19(15,16)6-4-5-11(14)17-2/h7,13H,3-6,8H2,1-2H3. The molecule has 0 aromatic carbocycles. The summed E-state index contributed by atoms with van der Waals surface area (Å²) in [6.07, 6.45) is 3.00. The molecular formula is C11H18N2O4S2. The van der Waals surface area contributed by atoms with E-state index in [1.54, 1.807) is 6.20 Å². The molecule has 0 amide bonds. The van der Waals surface area contributed by atoms with Crippen molar-refractivity contribution in [2.45, 2.75) is 32.7 Å². The quantitative estimate of drug-likeness (QED) is 0.726. The van der Waals surface area contributed by atoms with Gasteiger partial charge in [0.2, 0.25) is 10.0 Å². The van der Waals surface area contributed by atoms with E-state index < -0.39 is 16.0 Å². The summed E-state index contributed by atoms with van der Waals surface area (Å²) in [6.45, 7) is 2.22. The van der Waals surface area contributed by atoms with Gasteiger partial charge in [-0.1, -0.05) is 6.92 Å².